The van der Waals surface area contributed by atoms with Crippen molar-refractivity contribution in [3.05, 3.63) is 78.4 Å². The van der Waals surface area contributed by atoms with E-state index in [1.165, 1.54) is 0 Å². The third kappa shape index (κ3) is 3.31. The lowest BCUT2D eigenvalue weighted by Crippen LogP contribution is -2.30. The number of esters is 1. The van der Waals surface area contributed by atoms with Gasteiger partial charge in [0.25, 0.3) is 0 Å². The van der Waals surface area contributed by atoms with Gasteiger partial charge in [-0.15, -0.1) is 0 Å². The summed E-state index contributed by atoms with van der Waals surface area (Å²) in [5.74, 6) is -1.42. The van der Waals surface area contributed by atoms with Gasteiger partial charge in [-0.1, -0.05) is 60.7 Å². The number of sulfone groups is 1. The average molecular weight is 370 g/mol. The second-order valence-corrected chi connectivity index (χ2v) is 8.51. The maximum atomic E-state index is 13.3. The highest BCUT2D eigenvalue weighted by atomic mass is 32.2. The molecule has 2 aromatic carbocycles. The van der Waals surface area contributed by atoms with Gasteiger partial charge in [0.15, 0.2) is 9.84 Å². The van der Waals surface area contributed by atoms with E-state index in [1.54, 1.807) is 37.3 Å². The molecule has 0 spiro atoms. The fourth-order valence-corrected chi connectivity index (χ4v) is 5.82. The highest BCUT2D eigenvalue weighted by Crippen LogP contribution is 2.48. The number of benzene rings is 2. The van der Waals surface area contributed by atoms with Gasteiger partial charge in [-0.3, -0.25) is 4.79 Å². The fraction of sp³-hybridized carbons (Fsp3) is 0.286. The van der Waals surface area contributed by atoms with E-state index < -0.39 is 26.9 Å². The zero-order valence-electron chi connectivity index (χ0n) is 14.7. The summed E-state index contributed by atoms with van der Waals surface area (Å²) >= 11 is 0. The van der Waals surface area contributed by atoms with E-state index in [-0.39, 0.29) is 17.5 Å². The number of hydrogen-bond donors (Lipinski definition) is 0. The molecular formula is C21H22O4S. The van der Waals surface area contributed by atoms with Crippen LogP contribution in [0.5, 0.6) is 0 Å². The summed E-state index contributed by atoms with van der Waals surface area (Å²) in [6, 6.07) is 17.6. The first-order valence-electron chi connectivity index (χ1n) is 8.65. The fourth-order valence-electron chi connectivity index (χ4n) is 3.72. The van der Waals surface area contributed by atoms with Crippen LogP contribution in [-0.2, 0) is 19.4 Å². The molecule has 4 nitrogen and oxygen atoms in total. The van der Waals surface area contributed by atoms with Gasteiger partial charge in [-0.25, -0.2) is 8.42 Å². The van der Waals surface area contributed by atoms with Gasteiger partial charge in [0, 0.05) is 5.92 Å². The first-order chi connectivity index (χ1) is 12.5. The maximum Gasteiger partial charge on any atom is 0.309 e. The quantitative estimate of drug-likeness (QED) is 0.594. The van der Waals surface area contributed by atoms with Crippen LogP contribution in [0.2, 0.25) is 0 Å². The monoisotopic (exact) mass is 370 g/mol. The minimum atomic E-state index is -3.67. The van der Waals surface area contributed by atoms with Gasteiger partial charge < -0.3 is 4.74 Å². The van der Waals surface area contributed by atoms with Crippen molar-refractivity contribution < 1.29 is 17.9 Å². The van der Waals surface area contributed by atoms with Crippen LogP contribution in [0.15, 0.2) is 77.7 Å². The van der Waals surface area contributed by atoms with Crippen LogP contribution in [0.4, 0.5) is 0 Å². The molecule has 1 fully saturated rings. The number of rotatable bonds is 5. The van der Waals surface area contributed by atoms with Crippen molar-refractivity contribution in [3.63, 3.8) is 0 Å². The largest absolute Gasteiger partial charge is 0.466 e. The molecule has 1 saturated carbocycles. The molecule has 3 atom stereocenters. The van der Waals surface area contributed by atoms with Crippen molar-refractivity contribution in [1.29, 1.82) is 0 Å². The molecule has 0 radical (unpaired) electrons. The van der Waals surface area contributed by atoms with Crippen molar-refractivity contribution in [1.82, 2.24) is 0 Å². The van der Waals surface area contributed by atoms with Crippen molar-refractivity contribution in [2.75, 3.05) is 6.61 Å². The molecule has 136 valence electrons. The molecule has 0 aliphatic heterocycles. The van der Waals surface area contributed by atoms with Crippen molar-refractivity contribution in [2.24, 2.45) is 5.92 Å². The van der Waals surface area contributed by atoms with E-state index in [2.05, 4.69) is 6.58 Å². The highest BCUT2D eigenvalue weighted by Gasteiger charge is 2.50. The first kappa shape index (κ1) is 18.4. The van der Waals surface area contributed by atoms with E-state index in [0.29, 0.717) is 12.0 Å². The van der Waals surface area contributed by atoms with Crippen LogP contribution in [0.25, 0.3) is 0 Å². The van der Waals surface area contributed by atoms with Crippen molar-refractivity contribution in [3.8, 4) is 0 Å². The Morgan fingerprint density at radius 3 is 2.23 bits per heavy atom. The van der Waals surface area contributed by atoms with Gasteiger partial charge in [0.1, 0.15) is 0 Å². The Labute approximate surface area is 154 Å². The second-order valence-electron chi connectivity index (χ2n) is 6.44. The highest BCUT2D eigenvalue weighted by molar-refractivity contribution is 7.92. The predicted molar refractivity (Wildman–Crippen MR) is 100 cm³/mol. The van der Waals surface area contributed by atoms with E-state index in [9.17, 15) is 13.2 Å². The molecule has 1 aliphatic carbocycles. The minimum Gasteiger partial charge on any atom is -0.466 e. The Morgan fingerprint density at radius 1 is 1.08 bits per heavy atom. The molecule has 0 N–H and O–H groups in total. The number of carbonyl (C=O) groups excluding carboxylic acids is 1. The normalized spacial score (nSPS) is 23.0. The average Bonchev–Trinajstić information content (AvgIpc) is 3.01. The molecule has 0 amide bonds. The summed E-state index contributed by atoms with van der Waals surface area (Å²) in [6.45, 7) is 6.02. The smallest absolute Gasteiger partial charge is 0.309 e. The Hall–Kier alpha value is -2.40. The van der Waals surface area contributed by atoms with Gasteiger partial charge in [0.05, 0.1) is 22.7 Å². The molecule has 5 heteroatoms. The second kappa shape index (κ2) is 7.46. The van der Waals surface area contributed by atoms with Crippen LogP contribution in [-0.4, -0.2) is 26.2 Å². The molecule has 3 rings (SSSR count). The summed E-state index contributed by atoms with van der Waals surface area (Å²) in [5.41, 5.74) is 1.37. The van der Waals surface area contributed by atoms with Crippen LogP contribution >= 0.6 is 0 Å². The standard InChI is InChI=1S/C21H22O4S/c1-3-25-21(22)18-14-15(2)20(19(18)16-10-6-4-7-11-16)26(23,24)17-12-8-5-9-13-17/h4-13,18-20H,2-3,14H2,1H3/t18-,19+,20+/m0/s1. The Morgan fingerprint density at radius 2 is 1.65 bits per heavy atom. The molecule has 0 bridgehead atoms. The molecule has 1 aliphatic rings. The Kier molecular flexibility index (Phi) is 5.28. The third-order valence-corrected chi connectivity index (χ3v) is 7.05. The number of hydrogen-bond acceptors (Lipinski definition) is 4. The zero-order valence-corrected chi connectivity index (χ0v) is 15.5. The van der Waals surface area contributed by atoms with E-state index >= 15 is 0 Å². The molecule has 0 saturated heterocycles. The number of carbonyl (C=O) groups is 1. The molecule has 0 unspecified atom stereocenters. The lowest BCUT2D eigenvalue weighted by atomic mass is 9.89. The summed E-state index contributed by atoms with van der Waals surface area (Å²) in [5, 5.41) is -0.846. The van der Waals surface area contributed by atoms with E-state index in [4.69, 9.17) is 4.74 Å². The maximum absolute atomic E-state index is 13.3. The zero-order chi connectivity index (χ0) is 18.7. The van der Waals surface area contributed by atoms with Crippen LogP contribution in [0, 0.1) is 5.92 Å². The predicted octanol–water partition coefficient (Wildman–Crippen LogP) is 3.75. The van der Waals surface area contributed by atoms with Crippen LogP contribution in [0.1, 0.15) is 24.8 Å². The number of ether oxygens (including phenoxy) is 1. The van der Waals surface area contributed by atoms with Gasteiger partial charge >= 0.3 is 5.97 Å². The van der Waals surface area contributed by atoms with Crippen LogP contribution < -0.4 is 0 Å². The summed E-state index contributed by atoms with van der Waals surface area (Å²) < 4.78 is 31.9. The van der Waals surface area contributed by atoms with Crippen molar-refractivity contribution in [2.45, 2.75) is 29.4 Å². The molecule has 26 heavy (non-hydrogen) atoms. The third-order valence-electron chi connectivity index (χ3n) is 4.82. The SMILES string of the molecule is C=C1C[C@H](C(=O)OCC)[C@@H](c2ccccc2)[C@@H]1S(=O)(=O)c1ccccc1. The minimum absolute atomic E-state index is 0.247. The lowest BCUT2D eigenvalue weighted by molar-refractivity contribution is -0.148. The summed E-state index contributed by atoms with van der Waals surface area (Å²) in [7, 11) is -3.67. The van der Waals surface area contributed by atoms with Gasteiger partial charge in [0.2, 0.25) is 0 Å². The van der Waals surface area contributed by atoms with Gasteiger partial charge in [-0.2, -0.15) is 0 Å². The first-order valence-corrected chi connectivity index (χ1v) is 10.2. The topological polar surface area (TPSA) is 60.4 Å². The molecule has 0 aromatic heterocycles. The lowest BCUT2D eigenvalue weighted by Gasteiger charge is -2.24. The van der Waals surface area contributed by atoms with Gasteiger partial charge in [-0.05, 0) is 31.0 Å². The van der Waals surface area contributed by atoms with Crippen molar-refractivity contribution >= 4 is 15.8 Å². The Balaban J connectivity index is 2.10. The molecular weight excluding hydrogens is 348 g/mol. The summed E-state index contributed by atoms with van der Waals surface area (Å²) in [6.07, 6.45) is 0.315. The summed E-state index contributed by atoms with van der Waals surface area (Å²) in [4.78, 5) is 12.8. The van der Waals surface area contributed by atoms with E-state index in [0.717, 1.165) is 5.56 Å². The molecule has 0 heterocycles. The van der Waals surface area contributed by atoms with Crippen LogP contribution in [0.3, 0.4) is 0 Å². The molecule has 2 aromatic rings. The Bertz CT molecular complexity index is 888. The van der Waals surface area contributed by atoms with E-state index in [1.807, 2.05) is 30.3 Å².